The summed E-state index contributed by atoms with van der Waals surface area (Å²) < 4.78 is 5.88. The van der Waals surface area contributed by atoms with E-state index in [1.807, 2.05) is 0 Å². The molecule has 0 radical (unpaired) electrons. The molecular formula is C10H14IN3O2. The van der Waals surface area contributed by atoms with Crippen LogP contribution in [0.4, 0.5) is 4.79 Å². The average Bonchev–Trinajstić information content (AvgIpc) is 2.74. The van der Waals surface area contributed by atoms with Crippen molar-refractivity contribution in [2.45, 2.75) is 25.3 Å². The summed E-state index contributed by atoms with van der Waals surface area (Å²) in [6, 6.07) is 0.0793. The molecular weight excluding hydrogens is 321 g/mol. The van der Waals surface area contributed by atoms with Crippen LogP contribution in [0.15, 0.2) is 6.20 Å². The molecule has 6 heteroatoms. The smallest absolute Gasteiger partial charge is 0.410 e. The lowest BCUT2D eigenvalue weighted by atomic mass is 10.0. The highest BCUT2D eigenvalue weighted by atomic mass is 127. The highest BCUT2D eigenvalue weighted by Gasteiger charge is 2.30. The van der Waals surface area contributed by atoms with Gasteiger partial charge in [0.1, 0.15) is 0 Å². The molecule has 88 valence electrons. The Morgan fingerprint density at radius 2 is 2.50 bits per heavy atom. The Bertz CT molecular complexity index is 380. The number of nitrogens with one attached hydrogen (secondary N) is 1. The monoisotopic (exact) mass is 335 g/mol. The zero-order chi connectivity index (χ0) is 11.5. The van der Waals surface area contributed by atoms with Gasteiger partial charge in [0.15, 0.2) is 0 Å². The third kappa shape index (κ3) is 2.16. The number of amides is 1. The topological polar surface area (TPSA) is 58.2 Å². The van der Waals surface area contributed by atoms with Crippen molar-refractivity contribution in [1.82, 2.24) is 15.1 Å². The Kier molecular flexibility index (Phi) is 3.67. The van der Waals surface area contributed by atoms with Gasteiger partial charge in [-0.15, -0.1) is 0 Å². The van der Waals surface area contributed by atoms with Gasteiger partial charge in [-0.2, -0.15) is 5.10 Å². The molecule has 1 amide bonds. The third-order valence-corrected chi connectivity index (χ3v) is 3.72. The number of carbonyl (C=O) groups is 1. The van der Waals surface area contributed by atoms with Crippen molar-refractivity contribution >= 4 is 28.7 Å². The number of carbonyl (C=O) groups excluding carboxylic acids is 1. The molecule has 1 aliphatic heterocycles. The second kappa shape index (κ2) is 5.03. The van der Waals surface area contributed by atoms with Crippen molar-refractivity contribution in [3.8, 4) is 0 Å². The lowest BCUT2D eigenvalue weighted by Gasteiger charge is -2.33. The van der Waals surface area contributed by atoms with Gasteiger partial charge >= 0.3 is 6.09 Å². The number of H-pyrrole nitrogens is 1. The van der Waals surface area contributed by atoms with Gasteiger partial charge in [-0.1, -0.05) is 0 Å². The van der Waals surface area contributed by atoms with E-state index in [2.05, 4.69) is 32.8 Å². The first-order valence-corrected chi connectivity index (χ1v) is 6.35. The third-order valence-electron chi connectivity index (χ3n) is 2.87. The molecule has 1 N–H and O–H groups in total. The summed E-state index contributed by atoms with van der Waals surface area (Å²) in [5, 5.41) is 6.98. The molecule has 1 atom stereocenters. The molecule has 0 saturated carbocycles. The molecule has 1 saturated heterocycles. The van der Waals surface area contributed by atoms with Crippen molar-refractivity contribution in [2.24, 2.45) is 0 Å². The van der Waals surface area contributed by atoms with Crippen LogP contribution in [-0.2, 0) is 4.74 Å². The van der Waals surface area contributed by atoms with Gasteiger partial charge in [0.2, 0.25) is 0 Å². The molecule has 1 aliphatic rings. The first-order valence-electron chi connectivity index (χ1n) is 5.27. The predicted octanol–water partition coefficient (Wildman–Crippen LogP) is 2.31. The number of aromatic nitrogens is 2. The summed E-state index contributed by atoms with van der Waals surface area (Å²) in [5.74, 6) is 0. The van der Waals surface area contributed by atoms with E-state index < -0.39 is 0 Å². The summed E-state index contributed by atoms with van der Waals surface area (Å²) in [4.78, 5) is 13.4. The van der Waals surface area contributed by atoms with E-state index >= 15 is 0 Å². The number of nitrogens with zero attached hydrogens (tertiary/aromatic N) is 2. The van der Waals surface area contributed by atoms with E-state index in [-0.39, 0.29) is 12.1 Å². The first kappa shape index (κ1) is 11.7. The van der Waals surface area contributed by atoms with Crippen LogP contribution in [0.2, 0.25) is 0 Å². The van der Waals surface area contributed by atoms with E-state index in [1.54, 1.807) is 11.1 Å². The van der Waals surface area contributed by atoms with Gasteiger partial charge in [0, 0.05) is 6.54 Å². The molecule has 2 rings (SSSR count). The van der Waals surface area contributed by atoms with E-state index in [0.29, 0.717) is 0 Å². The summed E-state index contributed by atoms with van der Waals surface area (Å²) >= 11 is 2.23. The summed E-state index contributed by atoms with van der Waals surface area (Å²) in [7, 11) is 1.42. The summed E-state index contributed by atoms with van der Waals surface area (Å²) in [6.07, 6.45) is 4.66. The van der Waals surface area contributed by atoms with E-state index in [1.165, 1.54) is 7.11 Å². The quantitative estimate of drug-likeness (QED) is 0.802. The van der Waals surface area contributed by atoms with Gasteiger partial charge in [-0.25, -0.2) is 4.79 Å². The lowest BCUT2D eigenvalue weighted by Crippen LogP contribution is -2.38. The SMILES string of the molecule is COC(=O)N1CCCCC1c1[nH]ncc1I. The lowest BCUT2D eigenvalue weighted by molar-refractivity contribution is 0.0880. The van der Waals surface area contributed by atoms with E-state index in [4.69, 9.17) is 4.74 Å². The predicted molar refractivity (Wildman–Crippen MR) is 67.0 cm³/mol. The number of piperidine rings is 1. The number of likely N-dealkylation sites (tertiary alicyclic amines) is 1. The van der Waals surface area contributed by atoms with Crippen LogP contribution in [0.1, 0.15) is 31.0 Å². The minimum atomic E-state index is -0.255. The number of aromatic amines is 1. The molecule has 16 heavy (non-hydrogen) atoms. The van der Waals surface area contributed by atoms with Crippen LogP contribution in [0.5, 0.6) is 0 Å². The molecule has 1 aromatic heterocycles. The normalized spacial score (nSPS) is 20.9. The number of methoxy groups -OCH3 is 1. The van der Waals surface area contributed by atoms with Crippen LogP contribution >= 0.6 is 22.6 Å². The van der Waals surface area contributed by atoms with E-state index in [9.17, 15) is 4.79 Å². The highest BCUT2D eigenvalue weighted by Crippen LogP contribution is 2.32. The fourth-order valence-corrected chi connectivity index (χ4v) is 2.70. The Balaban J connectivity index is 2.23. The van der Waals surface area contributed by atoms with Crippen LogP contribution in [0, 0.1) is 3.57 Å². The van der Waals surface area contributed by atoms with Crippen molar-refractivity contribution < 1.29 is 9.53 Å². The molecule has 5 nitrogen and oxygen atoms in total. The molecule has 2 heterocycles. The molecule has 0 spiro atoms. The van der Waals surface area contributed by atoms with Crippen LogP contribution in [0.3, 0.4) is 0 Å². The van der Waals surface area contributed by atoms with Crippen molar-refractivity contribution in [2.75, 3.05) is 13.7 Å². The zero-order valence-corrected chi connectivity index (χ0v) is 11.2. The maximum absolute atomic E-state index is 11.7. The van der Waals surface area contributed by atoms with Gasteiger partial charge < -0.3 is 4.74 Å². The Morgan fingerprint density at radius 1 is 1.69 bits per heavy atom. The number of rotatable bonds is 1. The van der Waals surface area contributed by atoms with Crippen molar-refractivity contribution in [3.05, 3.63) is 15.5 Å². The minimum Gasteiger partial charge on any atom is -0.453 e. The maximum Gasteiger partial charge on any atom is 0.410 e. The fourth-order valence-electron chi connectivity index (χ4n) is 2.08. The van der Waals surface area contributed by atoms with Gasteiger partial charge in [-0.05, 0) is 41.9 Å². The summed E-state index contributed by atoms with van der Waals surface area (Å²) in [6.45, 7) is 0.756. The standard InChI is InChI=1S/C10H14IN3O2/c1-16-10(15)14-5-3-2-4-8(14)9-7(11)6-12-13-9/h6,8H,2-5H2,1H3,(H,12,13). The number of hydrogen-bond acceptors (Lipinski definition) is 3. The zero-order valence-electron chi connectivity index (χ0n) is 9.07. The van der Waals surface area contributed by atoms with Gasteiger partial charge in [0.05, 0.1) is 28.6 Å². The Morgan fingerprint density at radius 3 is 3.12 bits per heavy atom. The van der Waals surface area contributed by atoms with Gasteiger partial charge in [-0.3, -0.25) is 10.00 Å². The van der Waals surface area contributed by atoms with Crippen molar-refractivity contribution in [1.29, 1.82) is 0 Å². The largest absolute Gasteiger partial charge is 0.453 e. The number of ether oxygens (including phenoxy) is 1. The van der Waals surface area contributed by atoms with E-state index in [0.717, 1.165) is 35.1 Å². The fraction of sp³-hybridized carbons (Fsp3) is 0.600. The number of hydrogen-bond donors (Lipinski definition) is 1. The summed E-state index contributed by atoms with van der Waals surface area (Å²) in [5.41, 5.74) is 1.02. The minimum absolute atomic E-state index is 0.0793. The second-order valence-electron chi connectivity index (χ2n) is 3.81. The molecule has 1 fully saturated rings. The molecule has 0 aliphatic carbocycles. The number of halogens is 1. The maximum atomic E-state index is 11.7. The average molecular weight is 335 g/mol. The highest BCUT2D eigenvalue weighted by molar-refractivity contribution is 14.1. The van der Waals surface area contributed by atoms with Crippen LogP contribution in [-0.4, -0.2) is 34.8 Å². The van der Waals surface area contributed by atoms with Crippen LogP contribution < -0.4 is 0 Å². The second-order valence-corrected chi connectivity index (χ2v) is 4.97. The Hall–Kier alpha value is -0.790. The van der Waals surface area contributed by atoms with Crippen LogP contribution in [0.25, 0.3) is 0 Å². The van der Waals surface area contributed by atoms with Gasteiger partial charge in [0.25, 0.3) is 0 Å². The van der Waals surface area contributed by atoms with Crippen molar-refractivity contribution in [3.63, 3.8) is 0 Å². The molecule has 1 aromatic rings. The molecule has 1 unspecified atom stereocenters. The molecule has 0 bridgehead atoms. The molecule has 0 aromatic carbocycles. The first-order chi connectivity index (χ1) is 7.74. The Labute approximate surface area is 108 Å².